The third-order valence-corrected chi connectivity index (χ3v) is 3.47. The molecule has 10 heteroatoms. The molecule has 0 aliphatic rings. The number of amides is 1. The number of H-pyrrole nitrogens is 1. The van der Waals surface area contributed by atoms with Crippen molar-refractivity contribution in [2.45, 2.75) is 6.92 Å². The van der Waals surface area contributed by atoms with Crippen molar-refractivity contribution >= 4 is 39.0 Å². The van der Waals surface area contributed by atoms with Crippen molar-refractivity contribution in [3.05, 3.63) is 39.0 Å². The molecule has 2 N–H and O–H groups in total. The lowest BCUT2D eigenvalue weighted by molar-refractivity contribution is -0.384. The van der Waals surface area contributed by atoms with Crippen LogP contribution >= 0.6 is 11.3 Å². The van der Waals surface area contributed by atoms with E-state index in [2.05, 4.69) is 25.7 Å². The number of nitrogens with zero attached hydrogens (tertiary/aromatic N) is 4. The van der Waals surface area contributed by atoms with Crippen molar-refractivity contribution in [2.75, 3.05) is 5.32 Å². The summed E-state index contributed by atoms with van der Waals surface area (Å²) in [7, 11) is 0. The summed E-state index contributed by atoms with van der Waals surface area (Å²) in [5, 5.41) is 28.9. The molecule has 1 aromatic carbocycles. The number of aromatic nitrogens is 4. The summed E-state index contributed by atoms with van der Waals surface area (Å²) in [6.07, 6.45) is 0. The first-order chi connectivity index (χ1) is 10.0. The topological polar surface area (TPSA) is 127 Å². The van der Waals surface area contributed by atoms with E-state index in [-0.39, 0.29) is 11.4 Å². The highest BCUT2D eigenvalue weighted by molar-refractivity contribution is 7.15. The van der Waals surface area contributed by atoms with Crippen molar-refractivity contribution in [1.29, 1.82) is 0 Å². The highest BCUT2D eigenvalue weighted by Gasteiger charge is 2.18. The van der Waals surface area contributed by atoms with E-state index in [1.807, 2.05) is 0 Å². The van der Waals surface area contributed by atoms with Gasteiger partial charge in [0.15, 0.2) is 5.69 Å². The van der Waals surface area contributed by atoms with Gasteiger partial charge in [-0.3, -0.25) is 25.3 Å². The number of aromatic amines is 1. The minimum Gasteiger partial charge on any atom is -0.295 e. The molecule has 0 saturated heterocycles. The Labute approximate surface area is 121 Å². The van der Waals surface area contributed by atoms with Crippen molar-refractivity contribution in [3.8, 4) is 0 Å². The number of anilines is 1. The summed E-state index contributed by atoms with van der Waals surface area (Å²) in [4.78, 5) is 22.4. The van der Waals surface area contributed by atoms with Gasteiger partial charge < -0.3 is 0 Å². The predicted molar refractivity (Wildman–Crippen MR) is 75.3 cm³/mol. The molecule has 2 heterocycles. The summed E-state index contributed by atoms with van der Waals surface area (Å²) in [5.41, 5.74) is 0.505. The lowest BCUT2D eigenvalue weighted by atomic mass is 10.2. The predicted octanol–water partition coefficient (Wildman–Crippen LogP) is 1.88. The molecule has 3 aromatic rings. The van der Waals surface area contributed by atoms with Gasteiger partial charge in [0, 0.05) is 17.5 Å². The van der Waals surface area contributed by atoms with E-state index in [0.29, 0.717) is 21.0 Å². The van der Waals surface area contributed by atoms with E-state index >= 15 is 0 Å². The highest BCUT2D eigenvalue weighted by atomic mass is 32.1. The van der Waals surface area contributed by atoms with Crippen LogP contribution in [0, 0.1) is 17.0 Å². The van der Waals surface area contributed by atoms with Gasteiger partial charge in [0.05, 0.1) is 10.4 Å². The molecule has 3 rings (SSSR count). The normalized spacial score (nSPS) is 10.7. The molecule has 0 spiro atoms. The molecule has 9 nitrogen and oxygen atoms in total. The molecule has 106 valence electrons. The monoisotopic (exact) mass is 304 g/mol. The molecule has 2 aromatic heterocycles. The fraction of sp³-hybridized carbons (Fsp3) is 0.0909. The lowest BCUT2D eigenvalue weighted by Gasteiger charge is -1.98. The molecule has 0 fully saturated rings. The van der Waals surface area contributed by atoms with E-state index in [9.17, 15) is 14.9 Å². The van der Waals surface area contributed by atoms with Crippen LogP contribution in [0.5, 0.6) is 0 Å². The van der Waals surface area contributed by atoms with Crippen molar-refractivity contribution in [2.24, 2.45) is 0 Å². The van der Waals surface area contributed by atoms with E-state index in [4.69, 9.17) is 0 Å². The van der Waals surface area contributed by atoms with Gasteiger partial charge in [-0.2, -0.15) is 5.10 Å². The van der Waals surface area contributed by atoms with E-state index in [1.54, 1.807) is 6.92 Å². The number of carbonyl (C=O) groups excluding carboxylic acids is 1. The second kappa shape index (κ2) is 4.90. The molecule has 0 bridgehead atoms. The summed E-state index contributed by atoms with van der Waals surface area (Å²) < 4.78 is 0. The third-order valence-electron chi connectivity index (χ3n) is 2.72. The first-order valence-electron chi connectivity index (χ1n) is 5.78. The largest absolute Gasteiger partial charge is 0.295 e. The van der Waals surface area contributed by atoms with Crippen LogP contribution < -0.4 is 5.32 Å². The maximum atomic E-state index is 12.2. The molecular weight excluding hydrogens is 296 g/mol. The van der Waals surface area contributed by atoms with Crippen LogP contribution in [0.2, 0.25) is 0 Å². The average Bonchev–Trinajstić information content (AvgIpc) is 3.04. The quantitative estimate of drug-likeness (QED) is 0.562. The second-order valence-corrected chi connectivity index (χ2v) is 5.32. The SMILES string of the molecule is Cc1nnc(NC(=O)c2n[nH]c3ccc([N+](=O)[O-])cc23)s1. The molecule has 0 aliphatic carbocycles. The van der Waals surface area contributed by atoms with Crippen LogP contribution in [0.4, 0.5) is 10.8 Å². The summed E-state index contributed by atoms with van der Waals surface area (Å²) in [6.45, 7) is 1.76. The maximum Gasteiger partial charge on any atom is 0.278 e. The number of benzene rings is 1. The summed E-state index contributed by atoms with van der Waals surface area (Å²) in [5.74, 6) is -0.502. The van der Waals surface area contributed by atoms with Crippen molar-refractivity contribution in [1.82, 2.24) is 20.4 Å². The van der Waals surface area contributed by atoms with Crippen molar-refractivity contribution in [3.63, 3.8) is 0 Å². The zero-order valence-electron chi connectivity index (χ0n) is 10.7. The van der Waals surface area contributed by atoms with Gasteiger partial charge in [0.2, 0.25) is 5.13 Å². The Balaban J connectivity index is 1.97. The zero-order valence-corrected chi connectivity index (χ0v) is 11.5. The minimum absolute atomic E-state index is 0.0709. The van der Waals surface area contributed by atoms with Gasteiger partial charge in [-0.05, 0) is 13.0 Å². The van der Waals surface area contributed by atoms with Crippen molar-refractivity contribution < 1.29 is 9.72 Å². The molecule has 0 aliphatic heterocycles. The average molecular weight is 304 g/mol. The molecule has 0 radical (unpaired) electrons. The number of nitro groups is 1. The first-order valence-corrected chi connectivity index (χ1v) is 6.60. The van der Waals surface area contributed by atoms with E-state index < -0.39 is 10.8 Å². The standard InChI is InChI=1S/C11H8N6O3S/c1-5-13-16-11(21-5)12-10(18)9-7-4-6(17(19)20)2-3-8(7)14-15-9/h2-4H,1H3,(H,14,15)(H,12,16,18). The number of carbonyl (C=O) groups is 1. The van der Waals surface area contributed by atoms with Gasteiger partial charge in [-0.1, -0.05) is 11.3 Å². The Morgan fingerprint density at radius 3 is 2.90 bits per heavy atom. The summed E-state index contributed by atoms with van der Waals surface area (Å²) >= 11 is 1.23. The Kier molecular flexibility index (Phi) is 3.06. The fourth-order valence-electron chi connectivity index (χ4n) is 1.79. The molecule has 0 atom stereocenters. The first kappa shape index (κ1) is 13.1. The maximum absolute atomic E-state index is 12.2. The molecule has 0 unspecified atom stereocenters. The number of hydrogen-bond acceptors (Lipinski definition) is 7. The Morgan fingerprint density at radius 2 is 2.24 bits per heavy atom. The van der Waals surface area contributed by atoms with E-state index in [0.717, 1.165) is 0 Å². The third kappa shape index (κ3) is 2.43. The number of non-ortho nitro benzene ring substituents is 1. The number of rotatable bonds is 3. The smallest absolute Gasteiger partial charge is 0.278 e. The Bertz CT molecular complexity index is 855. The number of nitro benzene ring substituents is 1. The van der Waals surface area contributed by atoms with Crippen LogP contribution in [0.1, 0.15) is 15.5 Å². The van der Waals surface area contributed by atoms with E-state index in [1.165, 1.54) is 29.5 Å². The number of aryl methyl sites for hydroxylation is 1. The van der Waals surface area contributed by atoms with Gasteiger partial charge in [0.25, 0.3) is 11.6 Å². The molecular formula is C11H8N6O3S. The molecule has 21 heavy (non-hydrogen) atoms. The number of hydrogen-bond donors (Lipinski definition) is 2. The number of nitrogens with one attached hydrogen (secondary N) is 2. The fourth-order valence-corrected chi connectivity index (χ4v) is 2.38. The van der Waals surface area contributed by atoms with Crippen LogP contribution in [-0.4, -0.2) is 31.2 Å². The Hall–Kier alpha value is -2.88. The molecule has 0 saturated carbocycles. The number of fused-ring (bicyclic) bond motifs is 1. The minimum atomic E-state index is -0.526. The van der Waals surface area contributed by atoms with Crippen LogP contribution in [0.3, 0.4) is 0 Å². The van der Waals surface area contributed by atoms with Gasteiger partial charge in [0.1, 0.15) is 5.01 Å². The van der Waals surface area contributed by atoms with Crippen LogP contribution in [0.15, 0.2) is 18.2 Å². The molecule has 1 amide bonds. The van der Waals surface area contributed by atoms with Gasteiger partial charge in [-0.15, -0.1) is 10.2 Å². The summed E-state index contributed by atoms with van der Waals surface area (Å²) in [6, 6.07) is 4.15. The second-order valence-electron chi connectivity index (χ2n) is 4.14. The van der Waals surface area contributed by atoms with Crippen LogP contribution in [0.25, 0.3) is 10.9 Å². The highest BCUT2D eigenvalue weighted by Crippen LogP contribution is 2.23. The Morgan fingerprint density at radius 1 is 1.43 bits per heavy atom. The van der Waals surface area contributed by atoms with Gasteiger partial charge in [-0.25, -0.2) is 0 Å². The van der Waals surface area contributed by atoms with Gasteiger partial charge >= 0.3 is 0 Å². The zero-order chi connectivity index (χ0) is 15.0. The van der Waals surface area contributed by atoms with Crippen LogP contribution in [-0.2, 0) is 0 Å². The lowest BCUT2D eigenvalue weighted by Crippen LogP contribution is -2.12.